The molecule has 0 fully saturated rings. The Balaban J connectivity index is 1.71. The monoisotopic (exact) mass is 359 g/mol. The average molecular weight is 359 g/mol. The van der Waals surface area contributed by atoms with E-state index < -0.39 is 35.7 Å². The van der Waals surface area contributed by atoms with Crippen LogP contribution in [0.1, 0.15) is 10.5 Å². The highest BCUT2D eigenvalue weighted by molar-refractivity contribution is 6.03. The van der Waals surface area contributed by atoms with E-state index in [2.05, 4.69) is 15.5 Å². The van der Waals surface area contributed by atoms with Crippen molar-refractivity contribution in [2.75, 3.05) is 11.9 Å². The molecule has 132 valence electrons. The number of hydrogen-bond acceptors (Lipinski definition) is 5. The topological polar surface area (TPSA) is 101 Å². The number of halogens is 2. The second-order valence-electron chi connectivity index (χ2n) is 5.20. The van der Waals surface area contributed by atoms with Gasteiger partial charge in [-0.3, -0.25) is 9.59 Å². The first-order chi connectivity index (χ1) is 12.5. The molecule has 9 heteroatoms. The third-order valence-corrected chi connectivity index (χ3v) is 3.43. The number of carbonyl (C=O) groups is 2. The van der Waals surface area contributed by atoms with Crippen molar-refractivity contribution in [1.29, 1.82) is 0 Å². The minimum absolute atomic E-state index is 0.176. The SMILES string of the molecule is O=C(COC(=O)c1n[nH]c(=O)c2ccccc12)Nc1cc(F)ccc1F. The number of amides is 1. The van der Waals surface area contributed by atoms with Gasteiger partial charge in [0.05, 0.1) is 11.1 Å². The van der Waals surface area contributed by atoms with Crippen molar-refractivity contribution < 1.29 is 23.1 Å². The normalized spacial score (nSPS) is 10.5. The molecule has 0 unspecified atom stereocenters. The van der Waals surface area contributed by atoms with Crippen molar-refractivity contribution >= 4 is 28.3 Å². The smallest absolute Gasteiger partial charge is 0.359 e. The van der Waals surface area contributed by atoms with Gasteiger partial charge in [-0.2, -0.15) is 5.10 Å². The van der Waals surface area contributed by atoms with Crippen molar-refractivity contribution in [3.8, 4) is 0 Å². The highest BCUT2D eigenvalue weighted by Gasteiger charge is 2.17. The Morgan fingerprint density at radius 3 is 2.62 bits per heavy atom. The van der Waals surface area contributed by atoms with E-state index in [4.69, 9.17) is 4.74 Å². The summed E-state index contributed by atoms with van der Waals surface area (Å²) < 4.78 is 31.4. The largest absolute Gasteiger partial charge is 0.451 e. The number of benzene rings is 2. The van der Waals surface area contributed by atoms with Gasteiger partial charge in [0.15, 0.2) is 12.3 Å². The number of anilines is 1. The summed E-state index contributed by atoms with van der Waals surface area (Å²) in [5.74, 6) is -3.38. The fraction of sp³-hybridized carbons (Fsp3) is 0.0588. The number of aromatic amines is 1. The zero-order valence-corrected chi connectivity index (χ0v) is 13.1. The number of rotatable bonds is 4. The number of carbonyl (C=O) groups excluding carboxylic acids is 2. The van der Waals surface area contributed by atoms with Crippen LogP contribution in [0.15, 0.2) is 47.3 Å². The minimum atomic E-state index is -0.952. The maximum absolute atomic E-state index is 13.5. The predicted molar refractivity (Wildman–Crippen MR) is 87.6 cm³/mol. The van der Waals surface area contributed by atoms with Gasteiger partial charge in [-0.1, -0.05) is 18.2 Å². The fourth-order valence-electron chi connectivity index (χ4n) is 2.25. The van der Waals surface area contributed by atoms with Crippen molar-refractivity contribution in [3.63, 3.8) is 0 Å². The fourth-order valence-corrected chi connectivity index (χ4v) is 2.25. The summed E-state index contributed by atoms with van der Waals surface area (Å²) in [6, 6.07) is 8.80. The quantitative estimate of drug-likeness (QED) is 0.694. The van der Waals surface area contributed by atoms with E-state index in [1.165, 1.54) is 12.1 Å². The Labute approximate surface area is 144 Å². The molecule has 0 aliphatic rings. The van der Waals surface area contributed by atoms with Gasteiger partial charge in [0.25, 0.3) is 11.5 Å². The van der Waals surface area contributed by atoms with Crippen LogP contribution in [-0.2, 0) is 9.53 Å². The molecular formula is C17H11F2N3O4. The third kappa shape index (κ3) is 3.56. The van der Waals surface area contributed by atoms with Gasteiger partial charge in [0.1, 0.15) is 11.6 Å². The third-order valence-electron chi connectivity index (χ3n) is 3.43. The van der Waals surface area contributed by atoms with Crippen LogP contribution in [-0.4, -0.2) is 28.7 Å². The molecule has 0 atom stereocenters. The number of nitrogens with zero attached hydrogens (tertiary/aromatic N) is 1. The molecule has 0 saturated carbocycles. The summed E-state index contributed by atoms with van der Waals surface area (Å²) in [6.45, 7) is -0.746. The van der Waals surface area contributed by atoms with Crippen LogP contribution in [0.4, 0.5) is 14.5 Å². The minimum Gasteiger partial charge on any atom is -0.451 e. The average Bonchev–Trinajstić information content (AvgIpc) is 2.63. The van der Waals surface area contributed by atoms with Crippen LogP contribution in [0, 0.1) is 11.6 Å². The van der Waals surface area contributed by atoms with Crippen molar-refractivity contribution in [2.45, 2.75) is 0 Å². The van der Waals surface area contributed by atoms with Crippen LogP contribution in [0.5, 0.6) is 0 Å². The van der Waals surface area contributed by atoms with E-state index >= 15 is 0 Å². The summed E-state index contributed by atoms with van der Waals surface area (Å²) >= 11 is 0. The number of esters is 1. The van der Waals surface area contributed by atoms with E-state index in [1.807, 2.05) is 0 Å². The van der Waals surface area contributed by atoms with Crippen LogP contribution in [0.3, 0.4) is 0 Å². The maximum Gasteiger partial charge on any atom is 0.359 e. The van der Waals surface area contributed by atoms with Crippen molar-refractivity contribution in [3.05, 3.63) is 70.1 Å². The van der Waals surface area contributed by atoms with Crippen LogP contribution in [0.25, 0.3) is 10.8 Å². The maximum atomic E-state index is 13.5. The highest BCUT2D eigenvalue weighted by Crippen LogP contribution is 2.16. The Morgan fingerprint density at radius 2 is 1.85 bits per heavy atom. The van der Waals surface area contributed by atoms with Gasteiger partial charge in [-0.05, 0) is 18.2 Å². The Morgan fingerprint density at radius 1 is 1.12 bits per heavy atom. The molecule has 3 aromatic rings. The van der Waals surface area contributed by atoms with Gasteiger partial charge in [-0.15, -0.1) is 0 Å². The molecule has 2 aromatic carbocycles. The van der Waals surface area contributed by atoms with Gasteiger partial charge >= 0.3 is 5.97 Å². The molecule has 0 aliphatic heterocycles. The van der Waals surface area contributed by atoms with Crippen molar-refractivity contribution in [2.24, 2.45) is 0 Å². The number of fused-ring (bicyclic) bond motifs is 1. The van der Waals surface area contributed by atoms with E-state index in [0.717, 1.165) is 18.2 Å². The van der Waals surface area contributed by atoms with Crippen LogP contribution in [0.2, 0.25) is 0 Å². The molecule has 2 N–H and O–H groups in total. The van der Waals surface area contributed by atoms with E-state index in [1.54, 1.807) is 12.1 Å². The second-order valence-corrected chi connectivity index (χ2v) is 5.20. The lowest BCUT2D eigenvalue weighted by Gasteiger charge is -2.08. The Kier molecular flexibility index (Phi) is 4.70. The lowest BCUT2D eigenvalue weighted by atomic mass is 10.1. The summed E-state index contributed by atoms with van der Waals surface area (Å²) in [4.78, 5) is 35.6. The molecule has 3 rings (SSSR count). The van der Waals surface area contributed by atoms with E-state index in [9.17, 15) is 23.2 Å². The number of aromatic nitrogens is 2. The first kappa shape index (κ1) is 17.2. The van der Waals surface area contributed by atoms with Crippen molar-refractivity contribution in [1.82, 2.24) is 10.2 Å². The number of ether oxygens (including phenoxy) is 1. The Hall–Kier alpha value is -3.62. The molecule has 0 saturated heterocycles. The molecule has 1 heterocycles. The Bertz CT molecular complexity index is 1070. The first-order valence-electron chi connectivity index (χ1n) is 7.35. The van der Waals surface area contributed by atoms with Gasteiger partial charge < -0.3 is 10.1 Å². The molecule has 1 aromatic heterocycles. The number of H-pyrrole nitrogens is 1. The molecule has 0 spiro atoms. The summed E-state index contributed by atoms with van der Waals surface area (Å²) in [6.07, 6.45) is 0. The van der Waals surface area contributed by atoms with Crippen LogP contribution < -0.4 is 10.9 Å². The molecule has 0 radical (unpaired) electrons. The van der Waals surface area contributed by atoms with Crippen LogP contribution >= 0.6 is 0 Å². The molecule has 1 amide bonds. The summed E-state index contributed by atoms with van der Waals surface area (Å²) in [7, 11) is 0. The van der Waals surface area contributed by atoms with Gasteiger partial charge in [0, 0.05) is 11.5 Å². The molecule has 26 heavy (non-hydrogen) atoms. The number of hydrogen-bond donors (Lipinski definition) is 2. The first-order valence-corrected chi connectivity index (χ1v) is 7.35. The molecular weight excluding hydrogens is 348 g/mol. The highest BCUT2D eigenvalue weighted by atomic mass is 19.1. The number of nitrogens with one attached hydrogen (secondary N) is 2. The summed E-state index contributed by atoms with van der Waals surface area (Å²) in [5.41, 5.74) is -1.03. The van der Waals surface area contributed by atoms with Gasteiger partial charge in [0.2, 0.25) is 0 Å². The predicted octanol–water partition coefficient (Wildman–Crippen LogP) is 2.00. The molecule has 0 aliphatic carbocycles. The zero-order chi connectivity index (χ0) is 18.7. The van der Waals surface area contributed by atoms with E-state index in [0.29, 0.717) is 0 Å². The van der Waals surface area contributed by atoms with Gasteiger partial charge in [-0.25, -0.2) is 18.7 Å². The molecule has 7 nitrogen and oxygen atoms in total. The lowest BCUT2D eigenvalue weighted by Crippen LogP contribution is -2.23. The lowest BCUT2D eigenvalue weighted by molar-refractivity contribution is -0.119. The standard InChI is InChI=1S/C17H11F2N3O4/c18-9-5-6-12(19)13(7-9)20-14(23)8-26-17(25)15-10-3-1-2-4-11(10)16(24)22-21-15/h1-7H,8H2,(H,20,23)(H,22,24). The summed E-state index contributed by atoms with van der Waals surface area (Å²) in [5, 5.41) is 8.40. The molecule has 0 bridgehead atoms. The zero-order valence-electron chi connectivity index (χ0n) is 13.1. The van der Waals surface area contributed by atoms with E-state index in [-0.39, 0.29) is 22.2 Å². The second kappa shape index (κ2) is 7.09.